The summed E-state index contributed by atoms with van der Waals surface area (Å²) in [5, 5.41) is 3.35. The van der Waals surface area contributed by atoms with E-state index in [9.17, 15) is 9.18 Å². The van der Waals surface area contributed by atoms with E-state index in [4.69, 9.17) is 16.0 Å². The molecule has 7 heteroatoms. The van der Waals surface area contributed by atoms with Gasteiger partial charge in [0.05, 0.1) is 5.56 Å². The molecule has 0 radical (unpaired) electrons. The fourth-order valence-corrected chi connectivity index (χ4v) is 1.16. The van der Waals surface area contributed by atoms with E-state index in [1.165, 1.54) is 12.1 Å². The number of primary amides is 1. The number of hydrogen-bond donors (Lipinski definition) is 2. The lowest BCUT2D eigenvalue weighted by molar-refractivity contribution is 0.0987. The number of nitrogens with two attached hydrogens (primary N) is 2. The van der Waals surface area contributed by atoms with Crippen LogP contribution in [0.25, 0.3) is 11.5 Å². The third-order valence-electron chi connectivity index (χ3n) is 1.89. The number of benzene rings is 1. The van der Waals surface area contributed by atoms with Gasteiger partial charge in [-0.3, -0.25) is 4.79 Å². The van der Waals surface area contributed by atoms with Gasteiger partial charge in [0, 0.05) is 5.69 Å². The third-order valence-corrected chi connectivity index (χ3v) is 1.89. The number of rotatable bonds is 2. The zero-order chi connectivity index (χ0) is 11.7. The van der Waals surface area contributed by atoms with Crippen molar-refractivity contribution >= 4 is 11.6 Å². The van der Waals surface area contributed by atoms with Gasteiger partial charge < -0.3 is 16.0 Å². The molecule has 2 aromatic rings. The molecule has 0 aliphatic heterocycles. The van der Waals surface area contributed by atoms with Gasteiger partial charge in [0.15, 0.2) is 0 Å². The number of anilines is 1. The van der Waals surface area contributed by atoms with Crippen LogP contribution in [0, 0.1) is 5.82 Å². The molecule has 1 amide bonds. The van der Waals surface area contributed by atoms with E-state index >= 15 is 0 Å². The largest absolute Gasteiger partial charge is 0.398 e. The fraction of sp³-hybridized carbons (Fsp3) is 0. The summed E-state index contributed by atoms with van der Waals surface area (Å²) >= 11 is 0. The zero-order valence-electron chi connectivity index (χ0n) is 7.98. The molecule has 82 valence electrons. The summed E-state index contributed by atoms with van der Waals surface area (Å²) in [6, 6.07) is 3.69. The fourth-order valence-electron chi connectivity index (χ4n) is 1.16. The molecular formula is C9H7FN4O2. The van der Waals surface area contributed by atoms with Crippen molar-refractivity contribution in [2.45, 2.75) is 0 Å². The summed E-state index contributed by atoms with van der Waals surface area (Å²) in [4.78, 5) is 14.4. The van der Waals surface area contributed by atoms with E-state index in [0.717, 1.165) is 6.07 Å². The molecule has 0 aliphatic rings. The Morgan fingerprint density at radius 2 is 2.19 bits per heavy atom. The third kappa shape index (κ3) is 1.70. The molecule has 1 heterocycles. The monoisotopic (exact) mass is 222 g/mol. The highest BCUT2D eigenvalue weighted by molar-refractivity contribution is 5.89. The van der Waals surface area contributed by atoms with Gasteiger partial charge in [0.2, 0.25) is 0 Å². The van der Waals surface area contributed by atoms with Crippen molar-refractivity contribution in [3.05, 3.63) is 29.8 Å². The van der Waals surface area contributed by atoms with E-state index in [2.05, 4.69) is 10.1 Å². The maximum Gasteiger partial charge on any atom is 0.290 e. The summed E-state index contributed by atoms with van der Waals surface area (Å²) < 4.78 is 17.5. The first-order chi connectivity index (χ1) is 7.58. The van der Waals surface area contributed by atoms with E-state index in [-0.39, 0.29) is 17.4 Å². The van der Waals surface area contributed by atoms with Gasteiger partial charge >= 0.3 is 0 Å². The number of nitrogens with zero attached hydrogens (tertiary/aromatic N) is 2. The van der Waals surface area contributed by atoms with Crippen LogP contribution < -0.4 is 11.5 Å². The Kier molecular flexibility index (Phi) is 2.28. The highest BCUT2D eigenvalue weighted by Gasteiger charge is 2.14. The molecule has 16 heavy (non-hydrogen) atoms. The minimum atomic E-state index is -0.810. The second-order valence-corrected chi connectivity index (χ2v) is 3.02. The number of amides is 1. The van der Waals surface area contributed by atoms with E-state index < -0.39 is 11.7 Å². The predicted octanol–water partition coefficient (Wildman–Crippen LogP) is 0.557. The molecule has 6 nitrogen and oxygen atoms in total. The quantitative estimate of drug-likeness (QED) is 0.721. The molecule has 0 saturated heterocycles. The van der Waals surface area contributed by atoms with E-state index in [0.29, 0.717) is 5.56 Å². The Morgan fingerprint density at radius 1 is 1.44 bits per heavy atom. The molecule has 0 unspecified atom stereocenters. The van der Waals surface area contributed by atoms with Crippen molar-refractivity contribution in [3.63, 3.8) is 0 Å². The molecule has 4 N–H and O–H groups in total. The normalized spacial score (nSPS) is 10.3. The smallest absolute Gasteiger partial charge is 0.290 e. The first kappa shape index (κ1) is 10.1. The summed E-state index contributed by atoms with van der Waals surface area (Å²) in [5.74, 6) is -1.52. The zero-order valence-corrected chi connectivity index (χ0v) is 7.98. The van der Waals surface area contributed by atoms with Crippen LogP contribution in [0.5, 0.6) is 0 Å². The molecule has 0 spiro atoms. The average molecular weight is 222 g/mol. The summed E-state index contributed by atoms with van der Waals surface area (Å²) in [6.45, 7) is 0. The maximum atomic E-state index is 12.8. The lowest BCUT2D eigenvalue weighted by Crippen LogP contribution is -2.12. The second kappa shape index (κ2) is 3.61. The number of carbonyl (C=O) groups is 1. The Hall–Kier alpha value is -2.44. The van der Waals surface area contributed by atoms with Crippen LogP contribution in [0.3, 0.4) is 0 Å². The van der Waals surface area contributed by atoms with Crippen molar-refractivity contribution in [1.29, 1.82) is 0 Å². The molecule has 0 bridgehead atoms. The second-order valence-electron chi connectivity index (χ2n) is 3.02. The summed E-state index contributed by atoms with van der Waals surface area (Å²) in [5.41, 5.74) is 11.0. The van der Waals surface area contributed by atoms with Crippen molar-refractivity contribution in [1.82, 2.24) is 10.1 Å². The van der Waals surface area contributed by atoms with Gasteiger partial charge in [-0.05, 0) is 18.2 Å². The van der Waals surface area contributed by atoms with Crippen LogP contribution in [-0.4, -0.2) is 16.0 Å². The molecule has 1 aromatic heterocycles. The molecule has 0 saturated carbocycles. The average Bonchev–Trinajstić information content (AvgIpc) is 2.66. The SMILES string of the molecule is NC(=O)c1noc(-c2ccc(F)cc2N)n1. The van der Waals surface area contributed by atoms with Crippen LogP contribution in [-0.2, 0) is 0 Å². The van der Waals surface area contributed by atoms with Gasteiger partial charge in [-0.2, -0.15) is 4.98 Å². The Bertz CT molecular complexity index is 552. The van der Waals surface area contributed by atoms with Gasteiger partial charge in [-0.1, -0.05) is 5.16 Å². The number of hydrogen-bond acceptors (Lipinski definition) is 5. The maximum absolute atomic E-state index is 12.8. The van der Waals surface area contributed by atoms with Gasteiger partial charge in [0.25, 0.3) is 17.6 Å². The lowest BCUT2D eigenvalue weighted by Gasteiger charge is -1.99. The van der Waals surface area contributed by atoms with E-state index in [1.54, 1.807) is 0 Å². The van der Waals surface area contributed by atoms with E-state index in [1.807, 2.05) is 0 Å². The molecular weight excluding hydrogens is 215 g/mol. The molecule has 0 atom stereocenters. The Balaban J connectivity index is 2.46. The lowest BCUT2D eigenvalue weighted by atomic mass is 10.2. The first-order valence-corrected chi connectivity index (χ1v) is 4.27. The standard InChI is InChI=1S/C9H7FN4O2/c10-4-1-2-5(6(11)3-4)9-13-8(7(12)15)14-16-9/h1-3H,11H2,(H2,12,15). The minimum Gasteiger partial charge on any atom is -0.398 e. The van der Waals surface area contributed by atoms with Crippen LogP contribution in [0.15, 0.2) is 22.7 Å². The van der Waals surface area contributed by atoms with Gasteiger partial charge in [0.1, 0.15) is 5.82 Å². The van der Waals surface area contributed by atoms with Gasteiger partial charge in [-0.15, -0.1) is 0 Å². The van der Waals surface area contributed by atoms with Crippen molar-refractivity contribution in [3.8, 4) is 11.5 Å². The number of carbonyl (C=O) groups excluding carboxylic acids is 1. The first-order valence-electron chi connectivity index (χ1n) is 4.27. The minimum absolute atomic E-state index is 0.0197. The summed E-state index contributed by atoms with van der Waals surface area (Å²) in [7, 11) is 0. The van der Waals surface area contributed by atoms with Crippen molar-refractivity contribution in [2.75, 3.05) is 5.73 Å². The van der Waals surface area contributed by atoms with Crippen LogP contribution in [0.4, 0.5) is 10.1 Å². The Labute approximate surface area is 89.0 Å². The van der Waals surface area contributed by atoms with Crippen LogP contribution in [0.2, 0.25) is 0 Å². The summed E-state index contributed by atoms with van der Waals surface area (Å²) in [6.07, 6.45) is 0. The highest BCUT2D eigenvalue weighted by atomic mass is 19.1. The van der Waals surface area contributed by atoms with Gasteiger partial charge in [-0.25, -0.2) is 4.39 Å². The predicted molar refractivity (Wildman–Crippen MR) is 52.6 cm³/mol. The van der Waals surface area contributed by atoms with Crippen LogP contribution >= 0.6 is 0 Å². The number of nitrogen functional groups attached to an aromatic ring is 1. The molecule has 0 fully saturated rings. The van der Waals surface area contributed by atoms with Crippen molar-refractivity contribution in [2.24, 2.45) is 5.73 Å². The highest BCUT2D eigenvalue weighted by Crippen LogP contribution is 2.24. The molecule has 1 aromatic carbocycles. The van der Waals surface area contributed by atoms with Crippen LogP contribution in [0.1, 0.15) is 10.6 Å². The Morgan fingerprint density at radius 3 is 2.75 bits per heavy atom. The molecule has 0 aliphatic carbocycles. The topological polar surface area (TPSA) is 108 Å². The number of aromatic nitrogens is 2. The van der Waals surface area contributed by atoms with Crippen molar-refractivity contribution < 1.29 is 13.7 Å². The molecule has 2 rings (SSSR count). The number of halogens is 1.